The molecule has 0 amide bonds. The van der Waals surface area contributed by atoms with Gasteiger partial charge in [-0.25, -0.2) is 15.0 Å². The lowest BCUT2D eigenvalue weighted by Crippen LogP contribution is -1.96. The summed E-state index contributed by atoms with van der Waals surface area (Å²) in [4.78, 5) is 20.6. The molecule has 0 spiro atoms. The summed E-state index contributed by atoms with van der Waals surface area (Å²) in [5, 5.41) is 2.15. The molecule has 296 valence electrons. The van der Waals surface area contributed by atoms with E-state index in [2.05, 4.69) is 200 Å². The van der Waals surface area contributed by atoms with Gasteiger partial charge in [-0.15, -0.1) is 0 Å². The summed E-state index contributed by atoms with van der Waals surface area (Å²) >= 11 is 0. The number of hydrogen-bond acceptors (Lipinski definition) is 4. The normalized spacial score (nSPS) is 11.3. The average Bonchev–Trinajstić information content (AvgIpc) is 3.37. The fourth-order valence-corrected chi connectivity index (χ4v) is 8.44. The van der Waals surface area contributed by atoms with E-state index in [1.54, 1.807) is 0 Å². The third kappa shape index (κ3) is 7.56. The van der Waals surface area contributed by atoms with E-state index < -0.39 is 0 Å². The zero-order valence-corrected chi connectivity index (χ0v) is 34.7. The van der Waals surface area contributed by atoms with Gasteiger partial charge in [0.05, 0.1) is 28.1 Å². The van der Waals surface area contributed by atoms with Crippen molar-refractivity contribution in [3.63, 3.8) is 0 Å². The monoisotopic (exact) mass is 804 g/mol. The van der Waals surface area contributed by atoms with Gasteiger partial charge >= 0.3 is 0 Å². The first kappa shape index (κ1) is 37.6. The second-order valence-electron chi connectivity index (χ2n) is 15.9. The van der Waals surface area contributed by atoms with E-state index in [4.69, 9.17) is 19.9 Å². The molecule has 0 saturated carbocycles. The standard InChI is InChI=1S/C59H40N4/c1-39-20-21-48-34-35-52-53(45-28-22-42(23-29-45)40-12-5-2-6-13-40)37-54(61-58(52)57(48)60-39)51-19-11-18-50(36-51)44-26-32-49(33-27-44)59-62-55(46-16-9-4-10-17-46)38-56(63-59)47-30-24-43(25-31-47)41-14-7-3-8-15-41/h2-38H,1H3. The molecule has 3 heterocycles. The number of rotatable bonds is 8. The van der Waals surface area contributed by atoms with E-state index in [9.17, 15) is 0 Å². The van der Waals surface area contributed by atoms with Crippen LogP contribution in [0.3, 0.4) is 0 Å². The predicted molar refractivity (Wildman–Crippen MR) is 261 cm³/mol. The van der Waals surface area contributed by atoms with Crippen molar-refractivity contribution in [2.75, 3.05) is 0 Å². The minimum atomic E-state index is 0.680. The van der Waals surface area contributed by atoms with E-state index in [1.165, 1.54) is 22.3 Å². The van der Waals surface area contributed by atoms with E-state index in [0.29, 0.717) is 5.82 Å². The van der Waals surface area contributed by atoms with Crippen molar-refractivity contribution in [1.29, 1.82) is 0 Å². The van der Waals surface area contributed by atoms with Crippen LogP contribution < -0.4 is 0 Å². The van der Waals surface area contributed by atoms with Crippen LogP contribution in [0.4, 0.5) is 0 Å². The fourth-order valence-electron chi connectivity index (χ4n) is 8.44. The molecule has 0 N–H and O–H groups in total. The molecule has 3 aromatic heterocycles. The Morgan fingerprint density at radius 1 is 0.270 bits per heavy atom. The highest BCUT2D eigenvalue weighted by Gasteiger charge is 2.16. The van der Waals surface area contributed by atoms with Gasteiger partial charge in [0.1, 0.15) is 0 Å². The summed E-state index contributed by atoms with van der Waals surface area (Å²) < 4.78 is 0. The molecule has 8 aromatic carbocycles. The van der Waals surface area contributed by atoms with Crippen LogP contribution in [0.15, 0.2) is 224 Å². The van der Waals surface area contributed by atoms with E-state index in [1.807, 2.05) is 31.2 Å². The van der Waals surface area contributed by atoms with Crippen LogP contribution in [-0.4, -0.2) is 19.9 Å². The highest BCUT2D eigenvalue weighted by Crippen LogP contribution is 2.38. The Balaban J connectivity index is 0.960. The summed E-state index contributed by atoms with van der Waals surface area (Å²) in [5.74, 6) is 0.680. The van der Waals surface area contributed by atoms with Gasteiger partial charge in [-0.2, -0.15) is 0 Å². The third-order valence-electron chi connectivity index (χ3n) is 11.8. The molecule has 0 aliphatic rings. The number of pyridine rings is 2. The van der Waals surface area contributed by atoms with Crippen molar-refractivity contribution in [2.45, 2.75) is 6.92 Å². The van der Waals surface area contributed by atoms with Crippen LogP contribution >= 0.6 is 0 Å². The molecule has 0 unspecified atom stereocenters. The predicted octanol–water partition coefficient (Wildman–Crippen LogP) is 15.2. The van der Waals surface area contributed by atoms with Gasteiger partial charge in [0, 0.05) is 38.7 Å². The van der Waals surface area contributed by atoms with Crippen molar-refractivity contribution in [3.05, 3.63) is 230 Å². The Hall–Kier alpha value is -8.34. The zero-order chi connectivity index (χ0) is 42.1. The van der Waals surface area contributed by atoms with Crippen LogP contribution in [0, 0.1) is 6.92 Å². The number of aryl methyl sites for hydroxylation is 1. The molecule has 0 atom stereocenters. The number of hydrogen-bond donors (Lipinski definition) is 0. The topological polar surface area (TPSA) is 51.6 Å². The lowest BCUT2D eigenvalue weighted by molar-refractivity contribution is 1.18. The van der Waals surface area contributed by atoms with Crippen molar-refractivity contribution in [1.82, 2.24) is 19.9 Å². The highest BCUT2D eigenvalue weighted by molar-refractivity contribution is 6.09. The lowest BCUT2D eigenvalue weighted by atomic mass is 9.94. The minimum Gasteiger partial charge on any atom is -0.251 e. The minimum absolute atomic E-state index is 0.680. The summed E-state index contributed by atoms with van der Waals surface area (Å²) in [6.45, 7) is 2.04. The summed E-state index contributed by atoms with van der Waals surface area (Å²) in [7, 11) is 0. The van der Waals surface area contributed by atoms with Crippen LogP contribution in [0.2, 0.25) is 0 Å². The van der Waals surface area contributed by atoms with Crippen molar-refractivity contribution in [2.24, 2.45) is 0 Å². The quantitative estimate of drug-likeness (QED) is 0.144. The molecule has 0 fully saturated rings. The van der Waals surface area contributed by atoms with Gasteiger partial charge in [0.15, 0.2) is 5.82 Å². The first-order valence-corrected chi connectivity index (χ1v) is 21.3. The summed E-state index contributed by atoms with van der Waals surface area (Å²) in [6.07, 6.45) is 0. The van der Waals surface area contributed by atoms with Crippen LogP contribution in [-0.2, 0) is 0 Å². The third-order valence-corrected chi connectivity index (χ3v) is 11.8. The molecule has 0 saturated heterocycles. The molecule has 0 aliphatic carbocycles. The zero-order valence-electron chi connectivity index (χ0n) is 34.7. The average molecular weight is 805 g/mol. The highest BCUT2D eigenvalue weighted by atomic mass is 14.9. The second kappa shape index (κ2) is 16.3. The maximum Gasteiger partial charge on any atom is 0.160 e. The van der Waals surface area contributed by atoms with E-state index in [0.717, 1.165) is 89.1 Å². The second-order valence-corrected chi connectivity index (χ2v) is 15.9. The summed E-state index contributed by atoms with van der Waals surface area (Å²) in [6, 6.07) is 78.8. The van der Waals surface area contributed by atoms with Gasteiger partial charge in [0.2, 0.25) is 0 Å². The fraction of sp³-hybridized carbons (Fsp3) is 0.0169. The molecule has 0 aliphatic heterocycles. The summed E-state index contributed by atoms with van der Waals surface area (Å²) in [5.41, 5.74) is 18.7. The molecule has 0 radical (unpaired) electrons. The van der Waals surface area contributed by atoms with Crippen LogP contribution in [0.1, 0.15) is 5.69 Å². The Morgan fingerprint density at radius 3 is 1.33 bits per heavy atom. The number of nitrogens with zero attached hydrogens (tertiary/aromatic N) is 4. The Morgan fingerprint density at radius 2 is 0.714 bits per heavy atom. The SMILES string of the molecule is Cc1ccc2ccc3c(-c4ccc(-c5ccccc5)cc4)cc(-c4cccc(-c5ccc(-c6nc(-c7ccccc7)cc(-c7ccc(-c8ccccc8)cc7)n6)cc5)c4)nc3c2n1. The molecule has 4 heteroatoms. The van der Waals surface area contributed by atoms with Gasteiger partial charge < -0.3 is 0 Å². The Labute approximate surface area is 366 Å². The number of benzene rings is 8. The smallest absolute Gasteiger partial charge is 0.160 e. The van der Waals surface area contributed by atoms with Crippen molar-refractivity contribution < 1.29 is 0 Å². The van der Waals surface area contributed by atoms with Gasteiger partial charge in [-0.3, -0.25) is 4.98 Å². The molecule has 11 aromatic rings. The molecule has 11 rings (SSSR count). The molecular weight excluding hydrogens is 765 g/mol. The van der Waals surface area contributed by atoms with E-state index in [-0.39, 0.29) is 0 Å². The maximum atomic E-state index is 5.36. The van der Waals surface area contributed by atoms with Crippen molar-refractivity contribution in [3.8, 4) is 89.7 Å². The Bertz CT molecular complexity index is 3400. The number of aromatic nitrogens is 4. The lowest BCUT2D eigenvalue weighted by Gasteiger charge is -2.14. The van der Waals surface area contributed by atoms with Gasteiger partial charge in [0.25, 0.3) is 0 Å². The molecular formula is C59H40N4. The molecule has 0 bridgehead atoms. The largest absolute Gasteiger partial charge is 0.251 e. The Kier molecular flexibility index (Phi) is 9.72. The first-order chi connectivity index (χ1) is 31.1. The maximum absolute atomic E-state index is 5.36. The first-order valence-electron chi connectivity index (χ1n) is 21.3. The molecule has 63 heavy (non-hydrogen) atoms. The van der Waals surface area contributed by atoms with Gasteiger partial charge in [-0.1, -0.05) is 200 Å². The van der Waals surface area contributed by atoms with Crippen LogP contribution in [0.25, 0.3) is 111 Å². The van der Waals surface area contributed by atoms with Crippen LogP contribution in [0.5, 0.6) is 0 Å². The van der Waals surface area contributed by atoms with Crippen molar-refractivity contribution >= 4 is 21.8 Å². The molecule has 4 nitrogen and oxygen atoms in total. The van der Waals surface area contributed by atoms with Gasteiger partial charge in [-0.05, 0) is 75.7 Å². The number of fused-ring (bicyclic) bond motifs is 3. The van der Waals surface area contributed by atoms with E-state index >= 15 is 0 Å².